The van der Waals surface area contributed by atoms with Crippen LogP contribution in [0.25, 0.3) is 0 Å². The van der Waals surface area contributed by atoms with E-state index in [9.17, 15) is 4.79 Å². The monoisotopic (exact) mass is 327 g/mol. The molecule has 1 amide bonds. The molecule has 0 aliphatic carbocycles. The standard InChI is InChI=1S/C17H21N5O2/c18-17(23)14-7-4-9-22(14)16-11-15(20-12-21-16)19-8-10-24-13-5-2-1-3-6-13/h1-3,5-6,11-12,14H,4,7-10H2,(H2,18,23)(H,19,20,21). The predicted octanol–water partition coefficient (Wildman–Crippen LogP) is 1.42. The summed E-state index contributed by atoms with van der Waals surface area (Å²) in [6, 6.07) is 11.2. The first kappa shape index (κ1) is 16.0. The van der Waals surface area contributed by atoms with Gasteiger partial charge in [-0.2, -0.15) is 0 Å². The number of para-hydroxylation sites is 1. The summed E-state index contributed by atoms with van der Waals surface area (Å²) in [6.45, 7) is 1.92. The summed E-state index contributed by atoms with van der Waals surface area (Å²) in [6.07, 6.45) is 3.20. The van der Waals surface area contributed by atoms with Gasteiger partial charge in [-0.05, 0) is 25.0 Å². The topological polar surface area (TPSA) is 93.4 Å². The predicted molar refractivity (Wildman–Crippen MR) is 92.0 cm³/mol. The third kappa shape index (κ3) is 3.92. The number of carbonyl (C=O) groups excluding carboxylic acids is 1. The largest absolute Gasteiger partial charge is 0.492 e. The van der Waals surface area contributed by atoms with Gasteiger partial charge < -0.3 is 20.7 Å². The van der Waals surface area contributed by atoms with Gasteiger partial charge in [0.05, 0.1) is 6.54 Å². The van der Waals surface area contributed by atoms with Crippen LogP contribution in [0.5, 0.6) is 5.75 Å². The average molecular weight is 327 g/mol. The van der Waals surface area contributed by atoms with Crippen molar-refractivity contribution in [2.45, 2.75) is 18.9 Å². The second-order valence-corrected chi connectivity index (χ2v) is 5.60. The van der Waals surface area contributed by atoms with E-state index in [1.54, 1.807) is 0 Å². The summed E-state index contributed by atoms with van der Waals surface area (Å²) in [5.74, 6) is 1.95. The lowest BCUT2D eigenvalue weighted by atomic mass is 10.2. The number of amides is 1. The molecule has 1 fully saturated rings. The summed E-state index contributed by atoms with van der Waals surface area (Å²) in [7, 11) is 0. The zero-order valence-corrected chi connectivity index (χ0v) is 13.4. The third-order valence-corrected chi connectivity index (χ3v) is 3.95. The SMILES string of the molecule is NC(=O)C1CCCN1c1cc(NCCOc2ccccc2)ncn1. The molecule has 3 N–H and O–H groups in total. The van der Waals surface area contributed by atoms with Crippen molar-refractivity contribution in [3.05, 3.63) is 42.7 Å². The summed E-state index contributed by atoms with van der Waals surface area (Å²) < 4.78 is 5.63. The maximum Gasteiger partial charge on any atom is 0.240 e. The Bertz CT molecular complexity index is 680. The van der Waals surface area contributed by atoms with E-state index < -0.39 is 0 Å². The first-order chi connectivity index (χ1) is 11.7. The molecular formula is C17H21N5O2. The quantitative estimate of drug-likeness (QED) is 0.747. The van der Waals surface area contributed by atoms with Gasteiger partial charge in [-0.25, -0.2) is 9.97 Å². The molecule has 1 aliphatic rings. The molecule has 2 heterocycles. The van der Waals surface area contributed by atoms with E-state index in [0.29, 0.717) is 19.0 Å². The van der Waals surface area contributed by atoms with E-state index in [1.807, 2.05) is 41.3 Å². The van der Waals surface area contributed by atoms with E-state index in [1.165, 1.54) is 6.33 Å². The van der Waals surface area contributed by atoms with E-state index in [4.69, 9.17) is 10.5 Å². The molecule has 1 unspecified atom stereocenters. The van der Waals surface area contributed by atoms with Crippen LogP contribution in [-0.2, 0) is 4.79 Å². The van der Waals surface area contributed by atoms with Crippen LogP contribution in [-0.4, -0.2) is 41.6 Å². The Balaban J connectivity index is 1.54. The first-order valence-electron chi connectivity index (χ1n) is 8.04. The minimum Gasteiger partial charge on any atom is -0.492 e. The van der Waals surface area contributed by atoms with Crippen molar-refractivity contribution in [3.8, 4) is 5.75 Å². The number of benzene rings is 1. The number of nitrogens with two attached hydrogens (primary N) is 1. The highest BCUT2D eigenvalue weighted by atomic mass is 16.5. The van der Waals surface area contributed by atoms with Gasteiger partial charge in [-0.3, -0.25) is 4.79 Å². The smallest absolute Gasteiger partial charge is 0.240 e. The summed E-state index contributed by atoms with van der Waals surface area (Å²) >= 11 is 0. The molecule has 0 saturated carbocycles. The van der Waals surface area contributed by atoms with Gasteiger partial charge in [-0.1, -0.05) is 18.2 Å². The van der Waals surface area contributed by atoms with E-state index in [2.05, 4.69) is 15.3 Å². The lowest BCUT2D eigenvalue weighted by Gasteiger charge is -2.23. The first-order valence-corrected chi connectivity index (χ1v) is 8.04. The van der Waals surface area contributed by atoms with Crippen molar-refractivity contribution in [2.75, 3.05) is 29.9 Å². The van der Waals surface area contributed by atoms with Crippen LogP contribution >= 0.6 is 0 Å². The maximum atomic E-state index is 11.5. The van der Waals surface area contributed by atoms with Gasteiger partial charge >= 0.3 is 0 Å². The number of nitrogens with one attached hydrogen (secondary N) is 1. The molecule has 1 saturated heterocycles. The number of anilines is 2. The van der Waals surface area contributed by atoms with Gasteiger partial charge in [0.15, 0.2) is 0 Å². The lowest BCUT2D eigenvalue weighted by Crippen LogP contribution is -2.40. The summed E-state index contributed by atoms with van der Waals surface area (Å²) in [4.78, 5) is 21.9. The molecule has 1 aromatic carbocycles. The lowest BCUT2D eigenvalue weighted by molar-refractivity contribution is -0.119. The Morgan fingerprint density at radius 2 is 2.17 bits per heavy atom. The number of primary amides is 1. The van der Waals surface area contributed by atoms with Crippen molar-refractivity contribution in [2.24, 2.45) is 5.73 Å². The molecule has 0 radical (unpaired) electrons. The molecule has 3 rings (SSSR count). The zero-order valence-electron chi connectivity index (χ0n) is 13.4. The second kappa shape index (κ2) is 7.63. The number of aromatic nitrogens is 2. The van der Waals surface area contributed by atoms with Gasteiger partial charge in [0, 0.05) is 12.6 Å². The number of ether oxygens (including phenoxy) is 1. The Morgan fingerprint density at radius 1 is 1.33 bits per heavy atom. The maximum absolute atomic E-state index is 11.5. The number of nitrogens with zero attached hydrogens (tertiary/aromatic N) is 3. The Morgan fingerprint density at radius 3 is 2.96 bits per heavy atom. The molecule has 0 bridgehead atoms. The number of hydrogen-bond acceptors (Lipinski definition) is 6. The molecular weight excluding hydrogens is 306 g/mol. The van der Waals surface area contributed by atoms with Crippen LogP contribution in [0.2, 0.25) is 0 Å². The molecule has 0 spiro atoms. The molecule has 1 aromatic heterocycles. The third-order valence-electron chi connectivity index (χ3n) is 3.95. The summed E-state index contributed by atoms with van der Waals surface area (Å²) in [5, 5.41) is 3.20. The van der Waals surface area contributed by atoms with Crippen LogP contribution < -0.4 is 20.7 Å². The fourth-order valence-corrected chi connectivity index (χ4v) is 2.80. The Hall–Kier alpha value is -2.83. The zero-order chi connectivity index (χ0) is 16.8. The van der Waals surface area contributed by atoms with Crippen LogP contribution in [0.4, 0.5) is 11.6 Å². The second-order valence-electron chi connectivity index (χ2n) is 5.60. The van der Waals surface area contributed by atoms with E-state index >= 15 is 0 Å². The van der Waals surface area contributed by atoms with Gasteiger partial charge in [-0.15, -0.1) is 0 Å². The van der Waals surface area contributed by atoms with E-state index in [0.717, 1.165) is 31.0 Å². The van der Waals surface area contributed by atoms with Crippen molar-refractivity contribution in [3.63, 3.8) is 0 Å². The van der Waals surface area contributed by atoms with Crippen LogP contribution in [0.3, 0.4) is 0 Å². The van der Waals surface area contributed by atoms with Crippen LogP contribution in [0, 0.1) is 0 Å². The van der Waals surface area contributed by atoms with Crippen molar-refractivity contribution in [1.29, 1.82) is 0 Å². The normalized spacial score (nSPS) is 16.8. The molecule has 7 heteroatoms. The van der Waals surface area contributed by atoms with Crippen LogP contribution in [0.15, 0.2) is 42.7 Å². The van der Waals surface area contributed by atoms with Crippen molar-refractivity contribution < 1.29 is 9.53 Å². The Labute approximate surface area is 140 Å². The van der Waals surface area contributed by atoms with Crippen molar-refractivity contribution >= 4 is 17.5 Å². The fourth-order valence-electron chi connectivity index (χ4n) is 2.80. The van der Waals surface area contributed by atoms with Crippen molar-refractivity contribution in [1.82, 2.24) is 9.97 Å². The number of hydrogen-bond donors (Lipinski definition) is 2. The molecule has 1 aliphatic heterocycles. The fraction of sp³-hybridized carbons (Fsp3) is 0.353. The molecule has 7 nitrogen and oxygen atoms in total. The minimum absolute atomic E-state index is 0.283. The van der Waals surface area contributed by atoms with E-state index in [-0.39, 0.29) is 11.9 Å². The molecule has 126 valence electrons. The molecule has 1 atom stereocenters. The highest BCUT2D eigenvalue weighted by Crippen LogP contribution is 2.24. The van der Waals surface area contributed by atoms with Crippen LogP contribution in [0.1, 0.15) is 12.8 Å². The van der Waals surface area contributed by atoms with Gasteiger partial charge in [0.2, 0.25) is 5.91 Å². The number of rotatable bonds is 7. The number of carbonyl (C=O) groups is 1. The summed E-state index contributed by atoms with van der Waals surface area (Å²) in [5.41, 5.74) is 5.46. The molecule has 24 heavy (non-hydrogen) atoms. The minimum atomic E-state index is -0.308. The van der Waals surface area contributed by atoms with Gasteiger partial charge in [0.25, 0.3) is 0 Å². The highest BCUT2D eigenvalue weighted by molar-refractivity contribution is 5.84. The highest BCUT2D eigenvalue weighted by Gasteiger charge is 2.30. The molecule has 2 aromatic rings. The Kier molecular flexibility index (Phi) is 5.10. The van der Waals surface area contributed by atoms with Gasteiger partial charge in [0.1, 0.15) is 36.4 Å². The average Bonchev–Trinajstić information content (AvgIpc) is 3.10.